The Morgan fingerprint density at radius 1 is 1.40 bits per heavy atom. The zero-order chi connectivity index (χ0) is 10.6. The third-order valence-electron chi connectivity index (χ3n) is 1.47. The molecule has 1 heterocycles. The molecule has 0 radical (unpaired) electrons. The molecule has 0 aromatic carbocycles. The van der Waals surface area contributed by atoms with E-state index in [2.05, 4.69) is 10.9 Å². The smallest absolute Gasteiger partial charge is 0.445 e. The molecule has 0 aliphatic carbocycles. The molecule has 1 nitrogen and oxygen atoms in total. The summed E-state index contributed by atoms with van der Waals surface area (Å²) in [6, 6.07) is 3.02. The second-order valence-corrected chi connectivity index (χ2v) is 2.57. The zero-order valence-electron chi connectivity index (χ0n) is 8.12. The first-order valence-electron chi connectivity index (χ1n) is 3.84. The van der Waals surface area contributed by atoms with Crippen molar-refractivity contribution in [3.05, 3.63) is 35.6 Å². The first-order valence-corrected chi connectivity index (χ1v) is 3.84. The molecule has 15 heavy (non-hydrogen) atoms. The summed E-state index contributed by atoms with van der Waals surface area (Å²) in [4.78, 5) is 3.75. The third-order valence-corrected chi connectivity index (χ3v) is 1.47. The fraction of sp³-hybridized carbons (Fsp3) is 0. The van der Waals surface area contributed by atoms with Gasteiger partial charge in [-0.1, -0.05) is 12.1 Å². The van der Waals surface area contributed by atoms with E-state index in [-0.39, 0.29) is 63.1 Å². The van der Waals surface area contributed by atoms with Crippen LogP contribution in [0.4, 0.5) is 12.9 Å². The molecule has 72 valence electrons. The molecule has 0 aliphatic heterocycles. The molecule has 6 heteroatoms. The van der Waals surface area contributed by atoms with Gasteiger partial charge in [0.1, 0.15) is 5.69 Å². The number of aromatic nitrogens is 1. The first-order chi connectivity index (χ1) is 6.53. The topological polar surface area (TPSA) is 12.9 Å². The Morgan fingerprint density at radius 3 is 2.60 bits per heavy atom. The van der Waals surface area contributed by atoms with E-state index in [1.807, 2.05) is 0 Å². The van der Waals surface area contributed by atoms with Crippen LogP contribution in [0.15, 0.2) is 24.3 Å². The number of pyridine rings is 1. The van der Waals surface area contributed by atoms with Gasteiger partial charge in [-0.15, -0.1) is 12.4 Å². The molecule has 0 spiro atoms. The minimum absolute atomic E-state index is 0. The van der Waals surface area contributed by atoms with Gasteiger partial charge in [0.15, 0.2) is 0 Å². The molecular weight excluding hydrogens is 229 g/mol. The molecule has 0 atom stereocenters. The van der Waals surface area contributed by atoms with E-state index in [4.69, 9.17) is 6.42 Å². The number of halogens is 3. The summed E-state index contributed by atoms with van der Waals surface area (Å²) in [7, 11) is 0. The zero-order valence-corrected chi connectivity index (χ0v) is 11.2. The van der Waals surface area contributed by atoms with Crippen molar-refractivity contribution >= 4 is 13.1 Å². The average Bonchev–Trinajstić information content (AvgIpc) is 2.14. The van der Waals surface area contributed by atoms with E-state index in [9.17, 15) is 12.9 Å². The van der Waals surface area contributed by atoms with Gasteiger partial charge in [-0.05, 0) is 12.0 Å². The normalized spacial score (nSPS) is 10.8. The second-order valence-electron chi connectivity index (χ2n) is 2.57. The standard InChI is InChI=1S/C9H6BF3N.K/c1-2-9-8(4-3-7-14-9)5-6-10(11,12)13;/h1,3-7H;/q-1;+1/b6-5+;. The molecule has 0 amide bonds. The summed E-state index contributed by atoms with van der Waals surface area (Å²) in [5.41, 5.74) is 0.512. The maximum Gasteiger partial charge on any atom is 1.00 e. The van der Waals surface area contributed by atoms with Crippen molar-refractivity contribution in [2.75, 3.05) is 0 Å². The Bertz CT molecular complexity index is 395. The maximum absolute atomic E-state index is 11.9. The molecule has 0 saturated heterocycles. The Labute approximate surface area is 129 Å². The Morgan fingerprint density at radius 2 is 2.07 bits per heavy atom. The predicted molar refractivity (Wildman–Crippen MR) is 50.3 cm³/mol. The van der Waals surface area contributed by atoms with Crippen molar-refractivity contribution in [2.45, 2.75) is 0 Å². The van der Waals surface area contributed by atoms with Crippen LogP contribution in [-0.2, 0) is 0 Å². The van der Waals surface area contributed by atoms with E-state index in [0.717, 1.165) is 6.08 Å². The number of hydrogen-bond acceptors (Lipinski definition) is 1. The van der Waals surface area contributed by atoms with Crippen molar-refractivity contribution in [3.8, 4) is 12.3 Å². The number of hydrogen-bond donors (Lipinski definition) is 0. The fourth-order valence-electron chi connectivity index (χ4n) is 0.886. The number of terminal acetylenes is 1. The number of nitrogens with zero attached hydrogens (tertiary/aromatic N) is 1. The summed E-state index contributed by atoms with van der Waals surface area (Å²) < 4.78 is 35.6. The van der Waals surface area contributed by atoms with Gasteiger partial charge < -0.3 is 12.9 Å². The molecule has 0 fully saturated rings. The molecule has 0 saturated carbocycles. The monoisotopic (exact) mass is 235 g/mol. The van der Waals surface area contributed by atoms with Gasteiger partial charge in [0, 0.05) is 11.8 Å². The first kappa shape index (κ1) is 14.9. The average molecular weight is 235 g/mol. The van der Waals surface area contributed by atoms with Gasteiger partial charge in [-0.25, -0.2) is 4.98 Å². The van der Waals surface area contributed by atoms with E-state index in [1.54, 1.807) is 0 Å². The van der Waals surface area contributed by atoms with Crippen LogP contribution in [-0.4, -0.2) is 12.0 Å². The van der Waals surface area contributed by atoms with E-state index < -0.39 is 6.98 Å². The molecule has 0 unspecified atom stereocenters. The minimum atomic E-state index is -4.93. The predicted octanol–water partition coefficient (Wildman–Crippen LogP) is -0.533. The molecular formula is C9H6BF3KN. The molecule has 1 aromatic rings. The number of rotatable bonds is 2. The van der Waals surface area contributed by atoms with Gasteiger partial charge >= 0.3 is 58.4 Å². The molecule has 1 aromatic heterocycles. The fourth-order valence-corrected chi connectivity index (χ4v) is 0.886. The van der Waals surface area contributed by atoms with Crippen LogP contribution in [0.1, 0.15) is 11.3 Å². The SMILES string of the molecule is C#Cc1ncccc1/C=C/[B-](F)(F)F.[K+]. The molecule has 1 rings (SSSR count). The summed E-state index contributed by atoms with van der Waals surface area (Å²) in [6.45, 7) is -4.93. The Balaban J connectivity index is 0.00000196. The van der Waals surface area contributed by atoms with E-state index in [1.165, 1.54) is 18.3 Å². The maximum atomic E-state index is 11.9. The third kappa shape index (κ3) is 5.54. The van der Waals surface area contributed by atoms with Gasteiger partial charge in [0.25, 0.3) is 0 Å². The Hall–Kier alpha value is -0.0587. The van der Waals surface area contributed by atoms with Gasteiger partial charge in [-0.3, -0.25) is 0 Å². The van der Waals surface area contributed by atoms with Crippen LogP contribution >= 0.6 is 0 Å². The summed E-state index contributed by atoms with van der Waals surface area (Å²) >= 11 is 0. The quantitative estimate of drug-likeness (QED) is 0.496. The van der Waals surface area contributed by atoms with Crippen molar-refractivity contribution in [3.63, 3.8) is 0 Å². The van der Waals surface area contributed by atoms with Crippen molar-refractivity contribution < 1.29 is 64.3 Å². The van der Waals surface area contributed by atoms with Crippen LogP contribution < -0.4 is 51.4 Å². The van der Waals surface area contributed by atoms with Crippen molar-refractivity contribution in [2.24, 2.45) is 0 Å². The van der Waals surface area contributed by atoms with Gasteiger partial charge in [0.2, 0.25) is 0 Å². The minimum Gasteiger partial charge on any atom is -0.445 e. The van der Waals surface area contributed by atoms with Gasteiger partial charge in [-0.2, -0.15) is 0 Å². The summed E-state index contributed by atoms with van der Waals surface area (Å²) in [6.07, 6.45) is 7.44. The molecule has 0 N–H and O–H groups in total. The molecule has 0 bridgehead atoms. The van der Waals surface area contributed by atoms with Crippen LogP contribution in [0, 0.1) is 12.3 Å². The van der Waals surface area contributed by atoms with Gasteiger partial charge in [0.05, 0.1) is 0 Å². The summed E-state index contributed by atoms with van der Waals surface area (Å²) in [5, 5.41) is 0. The second kappa shape index (κ2) is 6.51. The molecule has 0 aliphatic rings. The van der Waals surface area contributed by atoms with Crippen LogP contribution in [0.25, 0.3) is 6.08 Å². The van der Waals surface area contributed by atoms with Crippen LogP contribution in [0.5, 0.6) is 0 Å². The van der Waals surface area contributed by atoms with Crippen LogP contribution in [0.3, 0.4) is 0 Å². The Kier molecular flexibility index (Phi) is 6.48. The van der Waals surface area contributed by atoms with E-state index >= 15 is 0 Å². The van der Waals surface area contributed by atoms with E-state index in [0.29, 0.717) is 5.56 Å². The van der Waals surface area contributed by atoms with Crippen LogP contribution in [0.2, 0.25) is 0 Å². The van der Waals surface area contributed by atoms with Crippen molar-refractivity contribution in [1.29, 1.82) is 0 Å². The largest absolute Gasteiger partial charge is 1.00 e. The summed E-state index contributed by atoms with van der Waals surface area (Å²) in [5.74, 6) is 2.40. The van der Waals surface area contributed by atoms with Crippen molar-refractivity contribution in [1.82, 2.24) is 4.98 Å².